The summed E-state index contributed by atoms with van der Waals surface area (Å²) in [6, 6.07) is 43.1. The zero-order valence-corrected chi connectivity index (χ0v) is 38.7. The second kappa shape index (κ2) is 17.1. The lowest BCUT2D eigenvalue weighted by molar-refractivity contribution is 0.466. The molecule has 0 bridgehead atoms. The van der Waals surface area contributed by atoms with Crippen molar-refractivity contribution < 1.29 is 10.6 Å². The molecule has 0 atom stereocenters. The van der Waals surface area contributed by atoms with Crippen LogP contribution in [0.25, 0.3) is 72.7 Å². The number of aromatic nitrogens is 3. The number of rotatable bonds is 10. The largest absolute Gasteiger partial charge is 0.507 e. The van der Waals surface area contributed by atoms with Crippen LogP contribution in [-0.2, 0) is 5.41 Å². The van der Waals surface area contributed by atoms with Crippen LogP contribution < -0.4 is 0 Å². The van der Waals surface area contributed by atoms with E-state index in [4.69, 9.17) is 15.5 Å². The van der Waals surface area contributed by atoms with E-state index < -0.39 is 12.7 Å². The molecule has 0 amide bonds. The van der Waals surface area contributed by atoms with Gasteiger partial charge in [-0.15, -0.1) is 0 Å². The minimum absolute atomic E-state index is 0.0100. The summed E-state index contributed by atoms with van der Waals surface area (Å²) < 4.78 is 38.1. The van der Waals surface area contributed by atoms with Crippen molar-refractivity contribution in [2.24, 2.45) is 0 Å². The molecular formula is C59H63N3O. The zero-order valence-electron chi connectivity index (χ0n) is 42.7. The van der Waals surface area contributed by atoms with Gasteiger partial charge in [0.2, 0.25) is 0 Å². The summed E-state index contributed by atoms with van der Waals surface area (Å²) in [7, 11) is 0. The Balaban J connectivity index is 1.43. The monoisotopic (exact) mass is 834 g/mol. The first kappa shape index (κ1) is 38.4. The van der Waals surface area contributed by atoms with Crippen LogP contribution in [0.2, 0.25) is 0 Å². The fourth-order valence-electron chi connectivity index (χ4n) is 8.49. The van der Waals surface area contributed by atoms with E-state index in [0.717, 1.165) is 72.5 Å². The summed E-state index contributed by atoms with van der Waals surface area (Å²) in [5, 5.41) is 12.3. The Morgan fingerprint density at radius 2 is 1.29 bits per heavy atom. The molecule has 0 aliphatic carbocycles. The van der Waals surface area contributed by atoms with Gasteiger partial charge in [0, 0.05) is 22.8 Å². The summed E-state index contributed by atoms with van der Waals surface area (Å²) in [5.74, 6) is 0.0870. The normalized spacial score (nSPS) is 13.4. The van der Waals surface area contributed by atoms with Gasteiger partial charge in [-0.1, -0.05) is 155 Å². The number of para-hydroxylation sites is 1. The molecule has 8 aromatic rings. The van der Waals surface area contributed by atoms with Gasteiger partial charge in [-0.3, -0.25) is 9.55 Å². The lowest BCUT2D eigenvalue weighted by atomic mass is 9.83. The first-order valence-electron chi connectivity index (χ1n) is 24.4. The molecule has 8 rings (SSSR count). The smallest absolute Gasteiger partial charge is 0.149 e. The van der Waals surface area contributed by atoms with Crippen LogP contribution in [0.15, 0.2) is 134 Å². The van der Waals surface area contributed by atoms with Crippen molar-refractivity contribution in [1.82, 2.24) is 14.5 Å². The molecule has 0 saturated carbocycles. The molecule has 0 fully saturated rings. The number of phenols is 1. The van der Waals surface area contributed by atoms with Crippen molar-refractivity contribution in [1.29, 1.82) is 0 Å². The number of imidazole rings is 1. The summed E-state index contributed by atoms with van der Waals surface area (Å²) in [6.45, 7) is 20.5. The summed E-state index contributed by atoms with van der Waals surface area (Å²) in [5.41, 5.74) is 14.7. The second-order valence-corrected chi connectivity index (χ2v) is 19.3. The van der Waals surface area contributed by atoms with Crippen molar-refractivity contribution in [3.8, 4) is 67.5 Å². The Bertz CT molecular complexity index is 3130. The first-order chi connectivity index (χ1) is 31.5. The SMILES string of the molecule is [2H]C([2H])([2H])c1cc(-c2cc(C(C)C)cc(C([2H])(C)C)c2)ccc1-n1c(-c2cc(C(C)C)cc(C(C)C)c2O)nc2c(-c3cc(-c4cc(-c5ccccc5)ccn4)cc(C(C)(C)C)c3)cccc21. The Hall–Kier alpha value is -6.26. The third-order valence-corrected chi connectivity index (χ3v) is 12.4. The van der Waals surface area contributed by atoms with Gasteiger partial charge in [-0.25, -0.2) is 4.98 Å². The van der Waals surface area contributed by atoms with E-state index in [0.29, 0.717) is 28.1 Å². The molecule has 0 unspecified atom stereocenters. The molecule has 0 aliphatic rings. The summed E-state index contributed by atoms with van der Waals surface area (Å²) in [4.78, 5) is 10.4. The number of phenolic OH excluding ortho intramolecular Hbond substituents is 1. The molecule has 6 aromatic carbocycles. The lowest BCUT2D eigenvalue weighted by Gasteiger charge is -2.22. The standard InChI is InChI=1S/C59H63N3O/c1-35(2)43-26-44(36(3)4)28-46(27-43)41-21-22-54(39(9)25-41)62-55-20-16-19-50(56(55)61-58(62)52-33-45(37(5)6)32-51(38(7)8)57(52)63)47-29-48(31-49(30-47)59(10,11)12)53-34-42(23-24-60-53)40-17-14-13-15-18-40/h13-38,63H,1-12H3/i9D3,35D. The summed E-state index contributed by atoms with van der Waals surface area (Å²) in [6.07, 6.45) is 1.86. The fourth-order valence-corrected chi connectivity index (χ4v) is 8.49. The van der Waals surface area contributed by atoms with Crippen LogP contribution in [0.3, 0.4) is 0 Å². The third kappa shape index (κ3) is 8.61. The van der Waals surface area contributed by atoms with Crippen molar-refractivity contribution in [3.05, 3.63) is 167 Å². The van der Waals surface area contributed by atoms with Crippen molar-refractivity contribution in [3.63, 3.8) is 0 Å². The zero-order chi connectivity index (χ0) is 48.3. The molecule has 2 aromatic heterocycles. The number of benzene rings is 6. The average Bonchev–Trinajstić information content (AvgIpc) is 3.67. The van der Waals surface area contributed by atoms with E-state index in [1.807, 2.05) is 85.3 Å². The third-order valence-electron chi connectivity index (χ3n) is 12.4. The van der Waals surface area contributed by atoms with Gasteiger partial charge in [-0.05, 0) is 146 Å². The Labute approximate surface area is 381 Å². The molecule has 4 heteroatoms. The van der Waals surface area contributed by atoms with E-state index in [1.54, 1.807) is 6.07 Å². The van der Waals surface area contributed by atoms with E-state index in [2.05, 4.69) is 123 Å². The number of nitrogens with zero attached hydrogens (tertiary/aromatic N) is 3. The Morgan fingerprint density at radius 1 is 0.587 bits per heavy atom. The molecule has 0 radical (unpaired) electrons. The van der Waals surface area contributed by atoms with Crippen molar-refractivity contribution in [2.75, 3.05) is 0 Å². The first-order valence-corrected chi connectivity index (χ1v) is 22.4. The number of fused-ring (bicyclic) bond motifs is 1. The van der Waals surface area contributed by atoms with Crippen LogP contribution in [0.1, 0.15) is 139 Å². The van der Waals surface area contributed by atoms with Crippen LogP contribution >= 0.6 is 0 Å². The van der Waals surface area contributed by atoms with E-state index in [1.165, 1.54) is 0 Å². The van der Waals surface area contributed by atoms with Gasteiger partial charge < -0.3 is 5.11 Å². The number of hydrogen-bond acceptors (Lipinski definition) is 3. The van der Waals surface area contributed by atoms with Gasteiger partial charge in [0.05, 0.1) is 28.0 Å². The highest BCUT2D eigenvalue weighted by molar-refractivity contribution is 5.97. The fraction of sp³-hybridized carbons (Fsp3) is 0.288. The summed E-state index contributed by atoms with van der Waals surface area (Å²) >= 11 is 0. The van der Waals surface area contributed by atoms with E-state index in [-0.39, 0.29) is 34.5 Å². The molecule has 63 heavy (non-hydrogen) atoms. The van der Waals surface area contributed by atoms with E-state index in [9.17, 15) is 5.11 Å². The maximum Gasteiger partial charge on any atom is 0.149 e. The highest BCUT2D eigenvalue weighted by Gasteiger charge is 2.25. The molecule has 0 saturated heterocycles. The molecule has 0 spiro atoms. The molecule has 4 nitrogen and oxygen atoms in total. The molecular weight excluding hydrogens is 767 g/mol. The number of hydrogen-bond donors (Lipinski definition) is 1. The number of aromatic hydroxyl groups is 1. The van der Waals surface area contributed by atoms with Crippen LogP contribution in [0.4, 0.5) is 0 Å². The van der Waals surface area contributed by atoms with Crippen LogP contribution in [-0.4, -0.2) is 19.6 Å². The van der Waals surface area contributed by atoms with Gasteiger partial charge in [0.15, 0.2) is 0 Å². The van der Waals surface area contributed by atoms with Crippen molar-refractivity contribution in [2.45, 2.75) is 112 Å². The predicted molar refractivity (Wildman–Crippen MR) is 268 cm³/mol. The maximum absolute atomic E-state index is 12.3. The minimum atomic E-state index is -2.54. The average molecular weight is 834 g/mol. The van der Waals surface area contributed by atoms with Gasteiger partial charge in [0.25, 0.3) is 0 Å². The van der Waals surface area contributed by atoms with Crippen molar-refractivity contribution >= 4 is 11.0 Å². The lowest BCUT2D eigenvalue weighted by Crippen LogP contribution is -2.11. The molecule has 1 N–H and O–H groups in total. The highest BCUT2D eigenvalue weighted by Crippen LogP contribution is 2.44. The predicted octanol–water partition coefficient (Wildman–Crippen LogP) is 16.6. The van der Waals surface area contributed by atoms with Gasteiger partial charge in [0.1, 0.15) is 11.6 Å². The van der Waals surface area contributed by atoms with Gasteiger partial charge >= 0.3 is 0 Å². The van der Waals surface area contributed by atoms with E-state index >= 15 is 0 Å². The molecule has 320 valence electrons. The highest BCUT2D eigenvalue weighted by atomic mass is 16.3. The quantitative estimate of drug-likeness (QED) is 0.149. The number of aryl methyl sites for hydroxylation is 1. The molecule has 0 aliphatic heterocycles. The minimum Gasteiger partial charge on any atom is -0.507 e. The van der Waals surface area contributed by atoms with Crippen LogP contribution in [0, 0.1) is 6.85 Å². The van der Waals surface area contributed by atoms with Gasteiger partial charge in [-0.2, -0.15) is 0 Å². The maximum atomic E-state index is 12.3. The Morgan fingerprint density at radius 3 is 1.97 bits per heavy atom. The Kier molecular flexibility index (Phi) is 10.4. The second-order valence-electron chi connectivity index (χ2n) is 19.3. The van der Waals surface area contributed by atoms with Crippen LogP contribution in [0.5, 0.6) is 5.75 Å². The molecule has 2 heterocycles. The number of pyridine rings is 1. The topological polar surface area (TPSA) is 50.9 Å².